The minimum atomic E-state index is 0.462. The Morgan fingerprint density at radius 3 is 3.07 bits per heavy atom. The van der Waals surface area contributed by atoms with Crippen LogP contribution in [0, 0.1) is 11.3 Å². The van der Waals surface area contributed by atoms with E-state index in [0.717, 1.165) is 24.8 Å². The number of nitrogens with one attached hydrogen (secondary N) is 2. The van der Waals surface area contributed by atoms with Crippen molar-refractivity contribution in [1.29, 1.82) is 5.26 Å². The molecule has 2 N–H and O–H groups in total. The molecule has 1 aliphatic rings. The van der Waals surface area contributed by atoms with E-state index in [-0.39, 0.29) is 0 Å². The smallest absolute Gasteiger partial charge is 0.163 e. The molecule has 4 heteroatoms. The monoisotopic (exact) mass is 202 g/mol. The summed E-state index contributed by atoms with van der Waals surface area (Å²) >= 11 is 0. The fourth-order valence-electron chi connectivity index (χ4n) is 1.40. The highest BCUT2D eigenvalue weighted by atomic mass is 15.0. The van der Waals surface area contributed by atoms with E-state index >= 15 is 0 Å². The Hall–Kier alpha value is -1.60. The molecule has 0 spiro atoms. The first-order chi connectivity index (χ1) is 7.40. The van der Waals surface area contributed by atoms with Crippen molar-refractivity contribution >= 4 is 5.69 Å². The number of hydrogen-bond donors (Lipinski definition) is 2. The second-order valence-corrected chi connectivity index (χ2v) is 3.67. The second kappa shape index (κ2) is 4.76. The molecule has 4 nitrogen and oxygen atoms in total. The Balaban J connectivity index is 1.79. The van der Waals surface area contributed by atoms with Crippen LogP contribution in [0.3, 0.4) is 0 Å². The van der Waals surface area contributed by atoms with Gasteiger partial charge in [0.2, 0.25) is 0 Å². The number of rotatable bonds is 5. The van der Waals surface area contributed by atoms with Crippen LogP contribution in [-0.4, -0.2) is 24.1 Å². The molecule has 0 radical (unpaired) electrons. The van der Waals surface area contributed by atoms with Crippen LogP contribution >= 0.6 is 0 Å². The highest BCUT2D eigenvalue weighted by Gasteiger charge is 2.19. The Morgan fingerprint density at radius 1 is 1.47 bits per heavy atom. The SMILES string of the molecule is N#Cc1ncccc1NCCNC1CC1. The summed E-state index contributed by atoms with van der Waals surface area (Å²) in [6.07, 6.45) is 4.23. The van der Waals surface area contributed by atoms with Gasteiger partial charge >= 0.3 is 0 Å². The van der Waals surface area contributed by atoms with E-state index in [1.54, 1.807) is 6.20 Å². The van der Waals surface area contributed by atoms with Crippen molar-refractivity contribution in [3.8, 4) is 6.07 Å². The van der Waals surface area contributed by atoms with E-state index in [4.69, 9.17) is 5.26 Å². The normalized spacial score (nSPS) is 14.6. The van der Waals surface area contributed by atoms with Gasteiger partial charge in [0.1, 0.15) is 6.07 Å². The van der Waals surface area contributed by atoms with Crippen LogP contribution in [0.15, 0.2) is 18.3 Å². The third-order valence-electron chi connectivity index (χ3n) is 2.36. The minimum absolute atomic E-state index is 0.462. The molecule has 0 saturated heterocycles. The van der Waals surface area contributed by atoms with E-state index in [1.165, 1.54) is 12.8 Å². The maximum Gasteiger partial charge on any atom is 0.163 e. The number of nitrogens with zero attached hydrogens (tertiary/aromatic N) is 2. The molecule has 0 amide bonds. The average Bonchev–Trinajstić information content (AvgIpc) is 3.09. The van der Waals surface area contributed by atoms with Gasteiger partial charge < -0.3 is 10.6 Å². The maximum atomic E-state index is 8.81. The van der Waals surface area contributed by atoms with Gasteiger partial charge in [0.15, 0.2) is 5.69 Å². The highest BCUT2D eigenvalue weighted by Crippen LogP contribution is 2.18. The predicted octanol–water partition coefficient (Wildman–Crippen LogP) is 1.12. The van der Waals surface area contributed by atoms with Crippen molar-refractivity contribution in [2.75, 3.05) is 18.4 Å². The molecule has 1 aromatic rings. The summed E-state index contributed by atoms with van der Waals surface area (Å²) in [5.41, 5.74) is 1.28. The highest BCUT2D eigenvalue weighted by molar-refractivity contribution is 5.53. The zero-order chi connectivity index (χ0) is 10.5. The number of hydrogen-bond acceptors (Lipinski definition) is 4. The molecule has 0 bridgehead atoms. The lowest BCUT2D eigenvalue weighted by molar-refractivity contribution is 0.701. The topological polar surface area (TPSA) is 60.7 Å². The van der Waals surface area contributed by atoms with Gasteiger partial charge in [0.05, 0.1) is 5.69 Å². The third kappa shape index (κ3) is 2.93. The Kier molecular flexibility index (Phi) is 3.15. The van der Waals surface area contributed by atoms with Crippen LogP contribution in [0.2, 0.25) is 0 Å². The summed E-state index contributed by atoms with van der Waals surface area (Å²) in [4.78, 5) is 3.98. The molecule has 78 valence electrons. The molecule has 0 aliphatic heterocycles. The standard InChI is InChI=1S/C11H14N4/c12-8-11-10(2-1-5-14-11)15-7-6-13-9-3-4-9/h1-2,5,9,13,15H,3-4,6-7H2. The fourth-order valence-corrected chi connectivity index (χ4v) is 1.40. The lowest BCUT2D eigenvalue weighted by Gasteiger charge is -2.07. The van der Waals surface area contributed by atoms with E-state index < -0.39 is 0 Å². The van der Waals surface area contributed by atoms with Crippen LogP contribution in [0.4, 0.5) is 5.69 Å². The molecule has 0 aromatic carbocycles. The van der Waals surface area contributed by atoms with Crippen molar-refractivity contribution in [3.05, 3.63) is 24.0 Å². The van der Waals surface area contributed by atoms with Crippen molar-refractivity contribution in [2.45, 2.75) is 18.9 Å². The largest absolute Gasteiger partial charge is 0.381 e. The molecular formula is C11H14N4. The molecule has 1 saturated carbocycles. The molecule has 15 heavy (non-hydrogen) atoms. The third-order valence-corrected chi connectivity index (χ3v) is 2.36. The lowest BCUT2D eigenvalue weighted by atomic mass is 10.3. The summed E-state index contributed by atoms with van der Waals surface area (Å²) in [5, 5.41) is 15.4. The molecule has 1 fully saturated rings. The first-order valence-electron chi connectivity index (χ1n) is 5.22. The molecule has 1 aliphatic carbocycles. The van der Waals surface area contributed by atoms with Gasteiger partial charge in [-0.05, 0) is 25.0 Å². The first-order valence-corrected chi connectivity index (χ1v) is 5.22. The van der Waals surface area contributed by atoms with Gasteiger partial charge in [-0.3, -0.25) is 0 Å². The Morgan fingerprint density at radius 2 is 2.33 bits per heavy atom. The number of aromatic nitrogens is 1. The van der Waals surface area contributed by atoms with Crippen LogP contribution in [0.25, 0.3) is 0 Å². The van der Waals surface area contributed by atoms with Gasteiger partial charge in [-0.1, -0.05) is 0 Å². The van der Waals surface area contributed by atoms with Crippen LogP contribution in [0.1, 0.15) is 18.5 Å². The maximum absolute atomic E-state index is 8.81. The Bertz CT molecular complexity index is 365. The van der Waals surface area contributed by atoms with E-state index in [9.17, 15) is 0 Å². The first kappa shape index (κ1) is 9.94. The Labute approximate surface area is 89.3 Å². The van der Waals surface area contributed by atoms with Gasteiger partial charge in [0.25, 0.3) is 0 Å². The summed E-state index contributed by atoms with van der Waals surface area (Å²) < 4.78 is 0. The molecule has 1 heterocycles. The lowest BCUT2D eigenvalue weighted by Crippen LogP contribution is -2.24. The molecular weight excluding hydrogens is 188 g/mol. The quantitative estimate of drug-likeness (QED) is 0.702. The predicted molar refractivity (Wildman–Crippen MR) is 58.5 cm³/mol. The van der Waals surface area contributed by atoms with Crippen LogP contribution in [-0.2, 0) is 0 Å². The molecule has 2 rings (SSSR count). The molecule has 0 unspecified atom stereocenters. The van der Waals surface area contributed by atoms with Crippen molar-refractivity contribution in [3.63, 3.8) is 0 Å². The van der Waals surface area contributed by atoms with Gasteiger partial charge in [-0.25, -0.2) is 4.98 Å². The zero-order valence-electron chi connectivity index (χ0n) is 8.53. The van der Waals surface area contributed by atoms with Gasteiger partial charge in [-0.15, -0.1) is 0 Å². The zero-order valence-corrected chi connectivity index (χ0v) is 8.53. The number of anilines is 1. The fraction of sp³-hybridized carbons (Fsp3) is 0.455. The molecule has 0 atom stereocenters. The molecule has 1 aromatic heterocycles. The summed E-state index contributed by atoms with van der Waals surface area (Å²) in [6, 6.07) is 6.50. The minimum Gasteiger partial charge on any atom is -0.381 e. The van der Waals surface area contributed by atoms with Crippen LogP contribution in [0.5, 0.6) is 0 Å². The van der Waals surface area contributed by atoms with Crippen LogP contribution < -0.4 is 10.6 Å². The summed E-state index contributed by atoms with van der Waals surface area (Å²) in [5.74, 6) is 0. The second-order valence-electron chi connectivity index (χ2n) is 3.67. The van der Waals surface area contributed by atoms with Crippen molar-refractivity contribution in [2.24, 2.45) is 0 Å². The van der Waals surface area contributed by atoms with Crippen molar-refractivity contribution in [1.82, 2.24) is 10.3 Å². The number of nitriles is 1. The van der Waals surface area contributed by atoms with E-state index in [0.29, 0.717) is 5.69 Å². The van der Waals surface area contributed by atoms with E-state index in [1.807, 2.05) is 12.1 Å². The van der Waals surface area contributed by atoms with Gasteiger partial charge in [0, 0.05) is 25.3 Å². The van der Waals surface area contributed by atoms with E-state index in [2.05, 4.69) is 21.7 Å². The average molecular weight is 202 g/mol. The summed E-state index contributed by atoms with van der Waals surface area (Å²) in [6.45, 7) is 1.77. The number of pyridine rings is 1. The van der Waals surface area contributed by atoms with Gasteiger partial charge in [-0.2, -0.15) is 5.26 Å². The summed E-state index contributed by atoms with van der Waals surface area (Å²) in [7, 11) is 0. The van der Waals surface area contributed by atoms with Crippen molar-refractivity contribution < 1.29 is 0 Å².